The second kappa shape index (κ2) is 19.6. The number of likely N-dealkylation sites (tertiary alicyclic amines) is 2. The molecule has 1 unspecified atom stereocenters. The lowest BCUT2D eigenvalue weighted by Gasteiger charge is -2.30. The van der Waals surface area contributed by atoms with E-state index in [-0.39, 0.29) is 47.6 Å². The van der Waals surface area contributed by atoms with E-state index in [1.807, 2.05) is 60.2 Å². The van der Waals surface area contributed by atoms with Crippen molar-refractivity contribution < 1.29 is 28.7 Å². The van der Waals surface area contributed by atoms with E-state index in [0.29, 0.717) is 32.0 Å². The van der Waals surface area contributed by atoms with Gasteiger partial charge in [0.2, 0.25) is 17.7 Å². The van der Waals surface area contributed by atoms with Crippen molar-refractivity contribution in [3.05, 3.63) is 108 Å². The summed E-state index contributed by atoms with van der Waals surface area (Å²) in [5.41, 5.74) is 6.50. The molecule has 4 heterocycles. The summed E-state index contributed by atoms with van der Waals surface area (Å²) in [5.74, 6) is 1.73. The summed E-state index contributed by atoms with van der Waals surface area (Å²) >= 11 is 0. The van der Waals surface area contributed by atoms with Crippen LogP contribution in [-0.2, 0) is 23.9 Å². The summed E-state index contributed by atoms with van der Waals surface area (Å²) in [7, 11) is 1.31. The fourth-order valence-electron chi connectivity index (χ4n) is 10.7. The molecule has 14 nitrogen and oxygen atoms in total. The third-order valence-electron chi connectivity index (χ3n) is 14.6. The maximum absolute atomic E-state index is 14.3. The molecule has 4 amide bonds. The van der Waals surface area contributed by atoms with Crippen LogP contribution in [0.15, 0.2) is 91.1 Å². The number of carbonyl (C=O) groups is 4. The summed E-state index contributed by atoms with van der Waals surface area (Å²) in [4.78, 5) is 74.5. The summed E-state index contributed by atoms with van der Waals surface area (Å²) in [6, 6.07) is 26.5. The Morgan fingerprint density at radius 3 is 2.25 bits per heavy atom. The molecule has 4 aromatic carbocycles. The first-order valence-corrected chi connectivity index (χ1v) is 24.6. The van der Waals surface area contributed by atoms with Gasteiger partial charge < -0.3 is 39.9 Å². The van der Waals surface area contributed by atoms with Gasteiger partial charge in [-0.2, -0.15) is 0 Å². The minimum absolute atomic E-state index is 0.00543. The Labute approximate surface area is 397 Å². The van der Waals surface area contributed by atoms with Crippen LogP contribution < -0.4 is 10.6 Å². The Hall–Kier alpha value is -6.54. The zero-order valence-electron chi connectivity index (χ0n) is 39.2. The van der Waals surface area contributed by atoms with Crippen LogP contribution in [0.3, 0.4) is 0 Å². The predicted molar refractivity (Wildman–Crippen MR) is 260 cm³/mol. The first-order chi connectivity index (χ1) is 33.1. The highest BCUT2D eigenvalue weighted by Gasteiger charge is 2.42. The van der Waals surface area contributed by atoms with Crippen molar-refractivity contribution >= 4 is 45.6 Å². The number of nitrogens with zero attached hydrogens (tertiary/aromatic N) is 4. The molecule has 4 N–H and O–H groups in total. The number of hydrogen-bond acceptors (Lipinski definition) is 8. The van der Waals surface area contributed by atoms with Crippen molar-refractivity contribution in [3.8, 4) is 22.4 Å². The molecule has 5 atom stereocenters. The van der Waals surface area contributed by atoms with E-state index < -0.39 is 18.2 Å². The van der Waals surface area contributed by atoms with Crippen LogP contribution >= 0.6 is 0 Å². The maximum atomic E-state index is 14.3. The first-order valence-electron chi connectivity index (χ1n) is 24.6. The van der Waals surface area contributed by atoms with Gasteiger partial charge in [0.1, 0.15) is 23.7 Å². The van der Waals surface area contributed by atoms with Crippen molar-refractivity contribution in [1.82, 2.24) is 40.4 Å². The molecule has 68 heavy (non-hydrogen) atoms. The number of nitrogens with one attached hydrogen (secondary N) is 4. The van der Waals surface area contributed by atoms with Gasteiger partial charge in [0, 0.05) is 36.9 Å². The maximum Gasteiger partial charge on any atom is 0.407 e. The molecule has 2 aliphatic heterocycles. The van der Waals surface area contributed by atoms with Gasteiger partial charge in [-0.05, 0) is 96.6 Å². The third kappa shape index (κ3) is 9.47. The molecule has 10 rings (SSSR count). The van der Waals surface area contributed by atoms with Crippen LogP contribution in [0.25, 0.3) is 44.2 Å². The normalized spacial score (nSPS) is 20.6. The number of ether oxygens (including phenoxy) is 2. The van der Waals surface area contributed by atoms with E-state index in [2.05, 4.69) is 75.2 Å². The largest absolute Gasteiger partial charge is 0.453 e. The summed E-state index contributed by atoms with van der Waals surface area (Å²) in [6.07, 6.45) is 10.2. The molecule has 2 aliphatic carbocycles. The average molecular weight is 919 g/mol. The van der Waals surface area contributed by atoms with Gasteiger partial charge in [0.25, 0.3) is 0 Å². The highest BCUT2D eigenvalue weighted by atomic mass is 16.5. The lowest BCUT2D eigenvalue weighted by Crippen LogP contribution is -2.51. The van der Waals surface area contributed by atoms with Crippen molar-refractivity contribution in [2.24, 2.45) is 23.7 Å². The monoisotopic (exact) mass is 918 g/mol. The highest BCUT2D eigenvalue weighted by Crippen LogP contribution is 2.39. The molecule has 4 aliphatic rings. The Kier molecular flexibility index (Phi) is 13.0. The Bertz CT molecular complexity index is 2780. The molecule has 0 bridgehead atoms. The van der Waals surface area contributed by atoms with Crippen molar-refractivity contribution in [2.75, 3.05) is 33.4 Å². The van der Waals surface area contributed by atoms with Gasteiger partial charge >= 0.3 is 6.09 Å². The topological polar surface area (TPSA) is 175 Å². The minimum atomic E-state index is -0.745. The number of methoxy groups -OCH3 is 1. The summed E-state index contributed by atoms with van der Waals surface area (Å²) < 4.78 is 11.2. The highest BCUT2D eigenvalue weighted by molar-refractivity contribution is 6.05. The van der Waals surface area contributed by atoms with E-state index in [1.165, 1.54) is 32.8 Å². The van der Waals surface area contributed by atoms with Crippen LogP contribution in [-0.4, -0.2) is 93.0 Å². The zero-order chi connectivity index (χ0) is 46.9. The van der Waals surface area contributed by atoms with Crippen molar-refractivity contribution in [3.63, 3.8) is 0 Å². The van der Waals surface area contributed by atoms with E-state index in [0.717, 1.165) is 93.7 Å². The molecule has 14 heteroatoms. The van der Waals surface area contributed by atoms with Gasteiger partial charge in [-0.1, -0.05) is 99.5 Å². The van der Waals surface area contributed by atoms with Gasteiger partial charge in [-0.25, -0.2) is 14.8 Å². The van der Waals surface area contributed by atoms with Gasteiger partial charge in [-0.3, -0.25) is 14.4 Å². The van der Waals surface area contributed by atoms with Crippen LogP contribution in [0.1, 0.15) is 107 Å². The van der Waals surface area contributed by atoms with Crippen LogP contribution in [0.4, 0.5) is 4.79 Å². The second-order valence-corrected chi connectivity index (χ2v) is 19.7. The summed E-state index contributed by atoms with van der Waals surface area (Å²) in [5, 5.41) is 7.90. The number of carbonyl (C=O) groups excluding carboxylic acids is 4. The predicted octanol–water partition coefficient (Wildman–Crippen LogP) is 9.18. The number of H-pyrrole nitrogens is 2. The number of aromatic nitrogens is 4. The molecular weight excluding hydrogens is 857 g/mol. The van der Waals surface area contributed by atoms with Crippen molar-refractivity contribution in [2.45, 2.75) is 95.8 Å². The SMILES string of the molecule is COC(=O)N[C@H](C(=O)N1C[C@@H](COCC2CCCC2)CC1c1nc2c(ccc3cc(-c4ccc(-c5cnc([C@@H]6CCCN6C(=O)[C@H](NC(=O)C6CC6)c6ccccc6)[nH]5)cc4)ccc32)[nH]1)C(C)C. The Morgan fingerprint density at radius 2 is 1.50 bits per heavy atom. The fraction of sp³-hybridized carbons (Fsp3) is 0.444. The Balaban J connectivity index is 0.851. The molecular formula is C54H62N8O6. The van der Waals surface area contributed by atoms with Crippen LogP contribution in [0.5, 0.6) is 0 Å². The number of rotatable bonds is 15. The number of benzene rings is 4. The average Bonchev–Trinajstić information content (AvgIpc) is 3.95. The van der Waals surface area contributed by atoms with E-state index in [4.69, 9.17) is 19.4 Å². The molecule has 2 saturated heterocycles. The van der Waals surface area contributed by atoms with Gasteiger partial charge in [-0.15, -0.1) is 0 Å². The van der Waals surface area contributed by atoms with E-state index in [9.17, 15) is 19.2 Å². The molecule has 354 valence electrons. The van der Waals surface area contributed by atoms with Gasteiger partial charge in [0.15, 0.2) is 0 Å². The number of hydrogen-bond donors (Lipinski definition) is 4. The van der Waals surface area contributed by atoms with E-state index >= 15 is 0 Å². The molecule has 0 spiro atoms. The van der Waals surface area contributed by atoms with Gasteiger partial charge in [0.05, 0.1) is 48.7 Å². The Morgan fingerprint density at radius 1 is 0.750 bits per heavy atom. The second-order valence-electron chi connectivity index (χ2n) is 19.7. The zero-order valence-corrected chi connectivity index (χ0v) is 39.2. The molecule has 2 aromatic heterocycles. The van der Waals surface area contributed by atoms with Crippen LogP contribution in [0.2, 0.25) is 0 Å². The standard InChI is InChI=1S/C54H62N8O6/c1-32(2)46(60-54(66)67-3)52(64)62-29-34(31-68-30-33-10-7-8-11-33)26-45(62)50-56-42-24-22-40-27-39(21-23-41(40)48(42)58-50)35-15-17-36(18-16-35)43-28-55-49(57-43)44-14-9-25-61(44)53(65)47(37-12-5-4-6-13-37)59-51(63)38-19-20-38/h4-6,12-13,15-18,21-24,27-28,32-34,38,44-47H,7-11,14,19-20,25-26,29-31H2,1-3H3,(H,55,57)(H,56,58)(H,59,63)(H,60,66)/t34-,44-,45?,46-,47+/m0/s1. The smallest absolute Gasteiger partial charge is 0.407 e. The molecule has 4 fully saturated rings. The number of fused-ring (bicyclic) bond motifs is 3. The third-order valence-corrected chi connectivity index (χ3v) is 14.6. The number of aromatic amines is 2. The fourth-order valence-corrected chi connectivity index (χ4v) is 10.7. The molecule has 0 radical (unpaired) electrons. The van der Waals surface area contributed by atoms with Crippen LogP contribution in [0, 0.1) is 23.7 Å². The molecule has 2 saturated carbocycles. The first kappa shape index (κ1) is 45.3. The molecule has 6 aromatic rings. The number of imidazole rings is 2. The lowest BCUT2D eigenvalue weighted by atomic mass is 9.99. The number of amides is 4. The summed E-state index contributed by atoms with van der Waals surface area (Å²) in [6.45, 7) is 6.29. The van der Waals surface area contributed by atoms with E-state index in [1.54, 1.807) is 0 Å². The quantitative estimate of drug-likeness (QED) is 0.0789. The van der Waals surface area contributed by atoms with Crippen molar-refractivity contribution in [1.29, 1.82) is 0 Å². The lowest BCUT2D eigenvalue weighted by molar-refractivity contribution is -0.138. The number of alkyl carbamates (subject to hydrolysis) is 1. The minimum Gasteiger partial charge on any atom is -0.453 e.